The van der Waals surface area contributed by atoms with Crippen molar-refractivity contribution in [1.29, 1.82) is 0 Å². The van der Waals surface area contributed by atoms with Gasteiger partial charge in [-0.15, -0.1) is 12.4 Å². The van der Waals surface area contributed by atoms with Crippen LogP contribution in [0, 0.1) is 0 Å². The lowest BCUT2D eigenvalue weighted by Crippen LogP contribution is -2.51. The second-order valence-corrected chi connectivity index (χ2v) is 4.87. The molecule has 7 heteroatoms. The Morgan fingerprint density at radius 3 is 2.62 bits per heavy atom. The summed E-state index contributed by atoms with van der Waals surface area (Å²) in [4.78, 5) is 12.1. The molecule has 0 radical (unpaired) electrons. The molecular formula is C14H19ClF2N2O2. The number of halogens is 3. The molecule has 1 aliphatic rings. The van der Waals surface area contributed by atoms with Gasteiger partial charge in [0.1, 0.15) is 5.75 Å². The maximum Gasteiger partial charge on any atom is 0.387 e. The van der Waals surface area contributed by atoms with Crippen molar-refractivity contribution in [2.45, 2.75) is 38.5 Å². The molecule has 0 saturated carbocycles. The fourth-order valence-electron chi connectivity index (χ4n) is 2.28. The first-order valence-corrected chi connectivity index (χ1v) is 6.65. The molecule has 2 unspecified atom stereocenters. The van der Waals surface area contributed by atoms with E-state index >= 15 is 0 Å². The lowest BCUT2D eigenvalue weighted by atomic mass is 9.99. The SMILES string of the molecule is CC1NCCCC1NC(=O)c1ccc(OC(F)F)cc1.Cl. The molecule has 2 atom stereocenters. The Labute approximate surface area is 128 Å². The van der Waals surface area contributed by atoms with Crippen LogP contribution in [-0.2, 0) is 0 Å². The van der Waals surface area contributed by atoms with E-state index in [1.165, 1.54) is 24.3 Å². The molecule has 0 bridgehead atoms. The Hall–Kier alpha value is -1.40. The van der Waals surface area contributed by atoms with E-state index in [9.17, 15) is 13.6 Å². The Bertz CT molecular complexity index is 457. The van der Waals surface area contributed by atoms with E-state index in [0.29, 0.717) is 5.56 Å². The largest absolute Gasteiger partial charge is 0.435 e. The number of benzene rings is 1. The molecule has 21 heavy (non-hydrogen) atoms. The van der Waals surface area contributed by atoms with Crippen LogP contribution in [0.2, 0.25) is 0 Å². The van der Waals surface area contributed by atoms with Crippen molar-refractivity contribution in [1.82, 2.24) is 10.6 Å². The highest BCUT2D eigenvalue weighted by Crippen LogP contribution is 2.15. The Morgan fingerprint density at radius 2 is 2.05 bits per heavy atom. The molecule has 2 rings (SSSR count). The standard InChI is InChI=1S/C14H18F2N2O2.ClH/c1-9-12(3-2-8-17-9)18-13(19)10-4-6-11(7-5-10)20-14(15)16;/h4-7,9,12,14,17H,2-3,8H2,1H3,(H,18,19);1H. The molecule has 0 aromatic heterocycles. The third kappa shape index (κ3) is 5.13. The summed E-state index contributed by atoms with van der Waals surface area (Å²) in [7, 11) is 0. The van der Waals surface area contributed by atoms with Gasteiger partial charge in [0.05, 0.1) is 0 Å². The summed E-state index contributed by atoms with van der Waals surface area (Å²) < 4.78 is 28.3. The maximum atomic E-state index is 12.1. The zero-order chi connectivity index (χ0) is 14.5. The summed E-state index contributed by atoms with van der Waals surface area (Å²) in [5, 5.41) is 6.26. The van der Waals surface area contributed by atoms with E-state index in [1.807, 2.05) is 6.92 Å². The van der Waals surface area contributed by atoms with Crippen LogP contribution < -0.4 is 15.4 Å². The number of alkyl halides is 2. The van der Waals surface area contributed by atoms with Gasteiger partial charge in [0, 0.05) is 17.6 Å². The predicted octanol–water partition coefficient (Wildman–Crippen LogP) is 2.58. The minimum Gasteiger partial charge on any atom is -0.435 e. The van der Waals surface area contributed by atoms with Gasteiger partial charge in [0.2, 0.25) is 0 Å². The number of ether oxygens (including phenoxy) is 1. The van der Waals surface area contributed by atoms with Crippen LogP contribution in [0.5, 0.6) is 5.75 Å². The summed E-state index contributed by atoms with van der Waals surface area (Å²) in [6.07, 6.45) is 1.96. The molecule has 1 aromatic rings. The van der Waals surface area contributed by atoms with Gasteiger partial charge in [0.25, 0.3) is 5.91 Å². The Kier molecular flexibility index (Phi) is 6.84. The summed E-state index contributed by atoms with van der Waals surface area (Å²) in [5.41, 5.74) is 0.435. The van der Waals surface area contributed by atoms with Gasteiger partial charge in [-0.05, 0) is 50.6 Å². The average molecular weight is 321 g/mol. The zero-order valence-electron chi connectivity index (χ0n) is 11.6. The zero-order valence-corrected chi connectivity index (χ0v) is 12.5. The summed E-state index contributed by atoms with van der Waals surface area (Å²) in [5.74, 6) is -0.154. The molecule has 0 aliphatic carbocycles. The average Bonchev–Trinajstić information content (AvgIpc) is 2.41. The van der Waals surface area contributed by atoms with Crippen LogP contribution in [0.15, 0.2) is 24.3 Å². The molecule has 1 fully saturated rings. The van der Waals surface area contributed by atoms with E-state index in [4.69, 9.17) is 0 Å². The highest BCUT2D eigenvalue weighted by Gasteiger charge is 2.22. The molecule has 2 N–H and O–H groups in total. The molecule has 1 heterocycles. The van der Waals surface area contributed by atoms with Crippen molar-refractivity contribution in [3.05, 3.63) is 29.8 Å². The number of rotatable bonds is 4. The second kappa shape index (κ2) is 8.14. The van der Waals surface area contributed by atoms with Crippen molar-refractivity contribution >= 4 is 18.3 Å². The van der Waals surface area contributed by atoms with Crippen LogP contribution in [0.3, 0.4) is 0 Å². The number of hydrogen-bond donors (Lipinski definition) is 2. The summed E-state index contributed by atoms with van der Waals surface area (Å²) >= 11 is 0. The smallest absolute Gasteiger partial charge is 0.387 e. The van der Waals surface area contributed by atoms with Gasteiger partial charge in [-0.1, -0.05) is 0 Å². The summed E-state index contributed by atoms with van der Waals surface area (Å²) in [6.45, 7) is 0.139. The summed E-state index contributed by atoms with van der Waals surface area (Å²) in [6, 6.07) is 6.01. The van der Waals surface area contributed by atoms with Crippen molar-refractivity contribution in [3.8, 4) is 5.75 Å². The maximum absolute atomic E-state index is 12.1. The molecule has 1 saturated heterocycles. The van der Waals surface area contributed by atoms with Crippen LogP contribution >= 0.6 is 12.4 Å². The van der Waals surface area contributed by atoms with E-state index in [-0.39, 0.29) is 36.1 Å². The minimum atomic E-state index is -2.86. The normalized spacial score (nSPS) is 21.5. The first kappa shape index (κ1) is 17.7. The topological polar surface area (TPSA) is 50.4 Å². The molecule has 4 nitrogen and oxygen atoms in total. The third-order valence-corrected chi connectivity index (χ3v) is 3.42. The highest BCUT2D eigenvalue weighted by atomic mass is 35.5. The molecule has 1 amide bonds. The number of carbonyl (C=O) groups is 1. The lowest BCUT2D eigenvalue weighted by Gasteiger charge is -2.30. The predicted molar refractivity (Wildman–Crippen MR) is 78.3 cm³/mol. The van der Waals surface area contributed by atoms with Crippen LogP contribution in [-0.4, -0.2) is 31.1 Å². The van der Waals surface area contributed by atoms with E-state index in [1.54, 1.807) is 0 Å². The van der Waals surface area contributed by atoms with Gasteiger partial charge >= 0.3 is 6.61 Å². The fourth-order valence-corrected chi connectivity index (χ4v) is 2.28. The van der Waals surface area contributed by atoms with E-state index < -0.39 is 6.61 Å². The molecule has 0 spiro atoms. The Morgan fingerprint density at radius 1 is 1.38 bits per heavy atom. The van der Waals surface area contributed by atoms with Crippen LogP contribution in [0.25, 0.3) is 0 Å². The first-order valence-electron chi connectivity index (χ1n) is 6.65. The first-order chi connectivity index (χ1) is 9.56. The van der Waals surface area contributed by atoms with Crippen molar-refractivity contribution in [3.63, 3.8) is 0 Å². The van der Waals surface area contributed by atoms with Gasteiger partial charge in [-0.25, -0.2) is 0 Å². The van der Waals surface area contributed by atoms with Crippen molar-refractivity contribution in [2.24, 2.45) is 0 Å². The quantitative estimate of drug-likeness (QED) is 0.896. The molecular weight excluding hydrogens is 302 g/mol. The number of hydrogen-bond acceptors (Lipinski definition) is 3. The van der Waals surface area contributed by atoms with Gasteiger partial charge in [-0.2, -0.15) is 8.78 Å². The van der Waals surface area contributed by atoms with Gasteiger partial charge in [0.15, 0.2) is 0 Å². The monoisotopic (exact) mass is 320 g/mol. The fraction of sp³-hybridized carbons (Fsp3) is 0.500. The van der Waals surface area contributed by atoms with Crippen molar-refractivity contribution in [2.75, 3.05) is 6.54 Å². The van der Waals surface area contributed by atoms with Crippen LogP contribution in [0.1, 0.15) is 30.1 Å². The third-order valence-electron chi connectivity index (χ3n) is 3.42. The number of nitrogens with one attached hydrogen (secondary N) is 2. The number of carbonyl (C=O) groups excluding carboxylic acids is 1. The number of amides is 1. The van der Waals surface area contributed by atoms with E-state index in [0.717, 1.165) is 19.4 Å². The van der Waals surface area contributed by atoms with Gasteiger partial charge in [-0.3, -0.25) is 4.79 Å². The highest BCUT2D eigenvalue weighted by molar-refractivity contribution is 5.94. The van der Waals surface area contributed by atoms with E-state index in [2.05, 4.69) is 15.4 Å². The molecule has 118 valence electrons. The van der Waals surface area contributed by atoms with Gasteiger partial charge < -0.3 is 15.4 Å². The minimum absolute atomic E-state index is 0. The Balaban J connectivity index is 0.00000220. The van der Waals surface area contributed by atoms with Crippen molar-refractivity contribution < 1.29 is 18.3 Å². The second-order valence-electron chi connectivity index (χ2n) is 4.87. The lowest BCUT2D eigenvalue weighted by molar-refractivity contribution is -0.0498. The molecule has 1 aliphatic heterocycles. The van der Waals surface area contributed by atoms with Crippen LogP contribution in [0.4, 0.5) is 8.78 Å². The number of piperidine rings is 1. The molecule has 1 aromatic carbocycles.